The molecule has 1 atom stereocenters. The second-order valence-electron chi connectivity index (χ2n) is 5.54. The molecule has 1 heterocycles. The minimum atomic E-state index is -0.0856. The predicted molar refractivity (Wildman–Crippen MR) is 73.7 cm³/mol. The maximum absolute atomic E-state index is 6.01. The van der Waals surface area contributed by atoms with E-state index in [1.54, 1.807) is 6.07 Å². The van der Waals surface area contributed by atoms with Crippen LogP contribution in [0.1, 0.15) is 46.9 Å². The van der Waals surface area contributed by atoms with E-state index < -0.39 is 0 Å². The predicted octanol–water partition coefficient (Wildman–Crippen LogP) is 3.89. The van der Waals surface area contributed by atoms with Gasteiger partial charge in [-0.2, -0.15) is 0 Å². The maximum atomic E-state index is 6.01. The molecule has 1 N–H and O–H groups in total. The van der Waals surface area contributed by atoms with Crippen LogP contribution in [-0.4, -0.2) is 16.5 Å². The van der Waals surface area contributed by atoms with Gasteiger partial charge in [0.15, 0.2) is 0 Å². The summed E-state index contributed by atoms with van der Waals surface area (Å²) < 4.78 is 0. The van der Waals surface area contributed by atoms with E-state index in [2.05, 4.69) is 49.9 Å². The monoisotopic (exact) mass is 255 g/mol. The Labute approximate surface area is 109 Å². The number of hydrogen-bond donors (Lipinski definition) is 1. The van der Waals surface area contributed by atoms with Crippen LogP contribution in [0.25, 0.3) is 0 Å². The zero-order valence-electron chi connectivity index (χ0n) is 11.3. The van der Waals surface area contributed by atoms with E-state index in [4.69, 9.17) is 11.6 Å². The molecule has 0 aliphatic carbocycles. The van der Waals surface area contributed by atoms with Crippen molar-refractivity contribution in [3.63, 3.8) is 0 Å². The Kier molecular flexibility index (Phi) is 4.75. The van der Waals surface area contributed by atoms with Crippen molar-refractivity contribution in [3.05, 3.63) is 17.0 Å². The molecule has 1 aromatic heterocycles. The van der Waals surface area contributed by atoms with Crippen molar-refractivity contribution in [2.45, 2.75) is 46.5 Å². The fourth-order valence-electron chi connectivity index (χ4n) is 1.27. The van der Waals surface area contributed by atoms with Crippen molar-refractivity contribution in [3.8, 4) is 0 Å². The number of aromatic nitrogens is 2. The van der Waals surface area contributed by atoms with Gasteiger partial charge in [-0.15, -0.1) is 0 Å². The fraction of sp³-hybridized carbons (Fsp3) is 0.692. The van der Waals surface area contributed by atoms with Crippen LogP contribution in [0.2, 0.25) is 5.15 Å². The van der Waals surface area contributed by atoms with Gasteiger partial charge in [0.1, 0.15) is 16.8 Å². The van der Waals surface area contributed by atoms with Gasteiger partial charge in [-0.3, -0.25) is 0 Å². The largest absolute Gasteiger partial charge is 0.370 e. The minimum absolute atomic E-state index is 0.0856. The molecule has 0 aromatic carbocycles. The molecule has 0 aliphatic rings. The molecule has 1 aromatic rings. The second kappa shape index (κ2) is 5.67. The van der Waals surface area contributed by atoms with Gasteiger partial charge >= 0.3 is 0 Å². The normalized spacial score (nSPS) is 13.5. The van der Waals surface area contributed by atoms with Gasteiger partial charge < -0.3 is 5.32 Å². The van der Waals surface area contributed by atoms with Gasteiger partial charge in [0.25, 0.3) is 0 Å². The van der Waals surface area contributed by atoms with E-state index in [-0.39, 0.29) is 5.41 Å². The summed E-state index contributed by atoms with van der Waals surface area (Å²) in [4.78, 5) is 8.77. The molecule has 0 spiro atoms. The highest BCUT2D eigenvalue weighted by atomic mass is 35.5. The van der Waals surface area contributed by atoms with E-state index in [0.717, 1.165) is 24.6 Å². The quantitative estimate of drug-likeness (QED) is 0.830. The van der Waals surface area contributed by atoms with E-state index in [0.29, 0.717) is 11.1 Å². The first-order valence-electron chi connectivity index (χ1n) is 6.12. The van der Waals surface area contributed by atoms with Crippen LogP contribution >= 0.6 is 11.6 Å². The Bertz CT molecular complexity index is 371. The summed E-state index contributed by atoms with van der Waals surface area (Å²) in [7, 11) is 0. The minimum Gasteiger partial charge on any atom is -0.370 e. The van der Waals surface area contributed by atoms with Crippen molar-refractivity contribution in [1.29, 1.82) is 0 Å². The van der Waals surface area contributed by atoms with E-state index in [1.165, 1.54) is 0 Å². The molecule has 4 heteroatoms. The number of hydrogen-bond acceptors (Lipinski definition) is 3. The van der Waals surface area contributed by atoms with Crippen molar-refractivity contribution >= 4 is 17.4 Å². The lowest BCUT2D eigenvalue weighted by Gasteiger charge is -2.18. The van der Waals surface area contributed by atoms with Crippen LogP contribution < -0.4 is 5.32 Å². The SMILES string of the molecule is CCC(C)CNc1cc(Cl)nc(C(C)(C)C)n1. The first kappa shape index (κ1) is 14.2. The second-order valence-corrected chi connectivity index (χ2v) is 5.93. The molecule has 0 radical (unpaired) electrons. The molecule has 17 heavy (non-hydrogen) atoms. The Hall–Kier alpha value is -0.830. The van der Waals surface area contributed by atoms with Crippen LogP contribution in [0.3, 0.4) is 0 Å². The summed E-state index contributed by atoms with van der Waals surface area (Å²) in [5, 5.41) is 3.81. The Morgan fingerprint density at radius 3 is 2.53 bits per heavy atom. The fourth-order valence-corrected chi connectivity index (χ4v) is 1.45. The third-order valence-corrected chi connectivity index (χ3v) is 2.89. The molecule has 0 bridgehead atoms. The van der Waals surface area contributed by atoms with Crippen LogP contribution in [-0.2, 0) is 5.41 Å². The van der Waals surface area contributed by atoms with Gasteiger partial charge in [0.2, 0.25) is 0 Å². The highest BCUT2D eigenvalue weighted by Crippen LogP contribution is 2.22. The molecule has 1 rings (SSSR count). The summed E-state index contributed by atoms with van der Waals surface area (Å²) in [6, 6.07) is 1.78. The van der Waals surface area contributed by atoms with Gasteiger partial charge in [0, 0.05) is 18.0 Å². The summed E-state index contributed by atoms with van der Waals surface area (Å²) in [5.41, 5.74) is -0.0856. The molecule has 0 fully saturated rings. The topological polar surface area (TPSA) is 37.8 Å². The third-order valence-electron chi connectivity index (χ3n) is 2.69. The lowest BCUT2D eigenvalue weighted by Crippen LogP contribution is -2.18. The van der Waals surface area contributed by atoms with Crippen molar-refractivity contribution in [2.24, 2.45) is 5.92 Å². The number of anilines is 1. The molecule has 96 valence electrons. The zero-order valence-corrected chi connectivity index (χ0v) is 12.1. The first-order valence-corrected chi connectivity index (χ1v) is 6.49. The standard InChI is InChI=1S/C13H22ClN3/c1-6-9(2)8-15-11-7-10(14)16-12(17-11)13(3,4)5/h7,9H,6,8H2,1-5H3,(H,15,16,17). The molecular weight excluding hydrogens is 234 g/mol. The van der Waals surface area contributed by atoms with Crippen molar-refractivity contribution in [2.75, 3.05) is 11.9 Å². The lowest BCUT2D eigenvalue weighted by molar-refractivity contribution is 0.544. The van der Waals surface area contributed by atoms with Gasteiger partial charge in [-0.05, 0) is 5.92 Å². The maximum Gasteiger partial charge on any atom is 0.137 e. The summed E-state index contributed by atoms with van der Waals surface area (Å²) >= 11 is 6.01. The molecule has 0 amide bonds. The van der Waals surface area contributed by atoms with Crippen LogP contribution in [0, 0.1) is 5.92 Å². The van der Waals surface area contributed by atoms with E-state index >= 15 is 0 Å². The molecule has 3 nitrogen and oxygen atoms in total. The summed E-state index contributed by atoms with van der Waals surface area (Å²) in [6.07, 6.45) is 1.15. The number of nitrogens with zero attached hydrogens (tertiary/aromatic N) is 2. The number of rotatable bonds is 4. The lowest BCUT2D eigenvalue weighted by atomic mass is 9.96. The van der Waals surface area contributed by atoms with Crippen LogP contribution in [0.5, 0.6) is 0 Å². The summed E-state index contributed by atoms with van der Waals surface area (Å²) in [6.45, 7) is 11.5. The Morgan fingerprint density at radius 1 is 1.35 bits per heavy atom. The van der Waals surface area contributed by atoms with Gasteiger partial charge in [-0.1, -0.05) is 52.6 Å². The zero-order chi connectivity index (χ0) is 13.1. The third kappa shape index (κ3) is 4.50. The van der Waals surface area contributed by atoms with Crippen LogP contribution in [0.4, 0.5) is 5.82 Å². The molecular formula is C13H22ClN3. The smallest absolute Gasteiger partial charge is 0.137 e. The van der Waals surface area contributed by atoms with Crippen LogP contribution in [0.15, 0.2) is 6.07 Å². The number of nitrogens with one attached hydrogen (secondary N) is 1. The van der Waals surface area contributed by atoms with Crippen molar-refractivity contribution < 1.29 is 0 Å². The highest BCUT2D eigenvalue weighted by Gasteiger charge is 2.18. The Morgan fingerprint density at radius 2 is 2.00 bits per heavy atom. The molecule has 1 unspecified atom stereocenters. The summed E-state index contributed by atoms with van der Waals surface area (Å²) in [5.74, 6) is 2.22. The number of halogens is 1. The molecule has 0 saturated carbocycles. The highest BCUT2D eigenvalue weighted by molar-refractivity contribution is 6.29. The van der Waals surface area contributed by atoms with Gasteiger partial charge in [-0.25, -0.2) is 9.97 Å². The first-order chi connectivity index (χ1) is 7.82. The van der Waals surface area contributed by atoms with E-state index in [9.17, 15) is 0 Å². The van der Waals surface area contributed by atoms with E-state index in [1.807, 2.05) is 0 Å². The Balaban J connectivity index is 2.83. The average molecular weight is 256 g/mol. The molecule has 0 saturated heterocycles. The molecule has 0 aliphatic heterocycles. The van der Waals surface area contributed by atoms with Gasteiger partial charge in [0.05, 0.1) is 0 Å². The van der Waals surface area contributed by atoms with Crippen molar-refractivity contribution in [1.82, 2.24) is 9.97 Å². The average Bonchev–Trinajstić information content (AvgIpc) is 2.24.